The van der Waals surface area contributed by atoms with Gasteiger partial charge in [0, 0.05) is 5.54 Å². The van der Waals surface area contributed by atoms with Crippen LogP contribution in [0.3, 0.4) is 0 Å². The standard InChI is InChI=1S/C20H35N/c1-16(15-21-20(5,6)7)13-18-10-8-9-17(14-18)11-12-19(2,3)4/h8-10,14,16,21H,11-13,15H2,1-7H3/t16-/m0/s1. The molecule has 21 heavy (non-hydrogen) atoms. The van der Waals surface area contributed by atoms with Crippen LogP contribution >= 0.6 is 0 Å². The molecule has 0 aliphatic heterocycles. The molecule has 1 rings (SSSR count). The van der Waals surface area contributed by atoms with E-state index in [9.17, 15) is 0 Å². The Morgan fingerprint density at radius 2 is 1.62 bits per heavy atom. The van der Waals surface area contributed by atoms with Gasteiger partial charge in [0.15, 0.2) is 0 Å². The normalized spacial score (nSPS) is 14.2. The van der Waals surface area contributed by atoms with E-state index < -0.39 is 0 Å². The van der Waals surface area contributed by atoms with Gasteiger partial charge in [-0.15, -0.1) is 0 Å². The molecule has 1 N–H and O–H groups in total. The van der Waals surface area contributed by atoms with Gasteiger partial charge in [-0.3, -0.25) is 0 Å². The van der Waals surface area contributed by atoms with Crippen LogP contribution in [0.1, 0.15) is 66.0 Å². The molecule has 0 unspecified atom stereocenters. The quantitative estimate of drug-likeness (QED) is 0.756. The molecular formula is C20H35N. The molecule has 1 aromatic rings. The topological polar surface area (TPSA) is 12.0 Å². The van der Waals surface area contributed by atoms with E-state index >= 15 is 0 Å². The van der Waals surface area contributed by atoms with Crippen LogP contribution in [-0.2, 0) is 12.8 Å². The molecule has 0 aliphatic rings. The van der Waals surface area contributed by atoms with E-state index in [4.69, 9.17) is 0 Å². The Kier molecular flexibility index (Phi) is 6.46. The van der Waals surface area contributed by atoms with Crippen LogP contribution in [-0.4, -0.2) is 12.1 Å². The van der Waals surface area contributed by atoms with Gasteiger partial charge in [-0.25, -0.2) is 0 Å². The number of hydrogen-bond acceptors (Lipinski definition) is 1. The number of aryl methyl sites for hydroxylation is 1. The summed E-state index contributed by atoms with van der Waals surface area (Å²) in [5.74, 6) is 0.669. The summed E-state index contributed by atoms with van der Waals surface area (Å²) in [6.45, 7) is 17.0. The van der Waals surface area contributed by atoms with Crippen LogP contribution in [0.2, 0.25) is 0 Å². The SMILES string of the molecule is C[C@H](CNC(C)(C)C)Cc1cccc(CCC(C)(C)C)c1. The van der Waals surface area contributed by atoms with Crippen molar-refractivity contribution in [2.45, 2.75) is 73.3 Å². The van der Waals surface area contributed by atoms with E-state index in [-0.39, 0.29) is 5.54 Å². The second-order valence-electron chi connectivity index (χ2n) is 8.82. The molecule has 0 fully saturated rings. The third kappa shape index (κ3) is 8.93. The van der Waals surface area contributed by atoms with Crippen molar-refractivity contribution in [1.29, 1.82) is 0 Å². The third-order valence-electron chi connectivity index (χ3n) is 3.72. The molecule has 0 spiro atoms. The zero-order chi connectivity index (χ0) is 16.1. The molecule has 0 heterocycles. The second-order valence-corrected chi connectivity index (χ2v) is 8.82. The molecule has 0 radical (unpaired) electrons. The zero-order valence-corrected chi connectivity index (χ0v) is 15.2. The molecule has 0 bridgehead atoms. The Labute approximate surface area is 132 Å². The van der Waals surface area contributed by atoms with Crippen LogP contribution in [0.4, 0.5) is 0 Å². The first-order valence-electron chi connectivity index (χ1n) is 8.38. The average Bonchev–Trinajstić information content (AvgIpc) is 2.33. The monoisotopic (exact) mass is 289 g/mol. The van der Waals surface area contributed by atoms with Gasteiger partial charge in [0.25, 0.3) is 0 Å². The highest BCUT2D eigenvalue weighted by molar-refractivity contribution is 5.24. The van der Waals surface area contributed by atoms with Gasteiger partial charge < -0.3 is 5.32 Å². The van der Waals surface area contributed by atoms with E-state index in [0.717, 1.165) is 13.0 Å². The van der Waals surface area contributed by atoms with Crippen LogP contribution in [0.5, 0.6) is 0 Å². The molecule has 1 nitrogen and oxygen atoms in total. The summed E-state index contributed by atoms with van der Waals surface area (Å²) in [5, 5.41) is 3.60. The van der Waals surface area contributed by atoms with E-state index in [0.29, 0.717) is 11.3 Å². The first-order valence-corrected chi connectivity index (χ1v) is 8.38. The molecule has 0 amide bonds. The maximum Gasteiger partial charge on any atom is 0.00966 e. The summed E-state index contributed by atoms with van der Waals surface area (Å²) in [4.78, 5) is 0. The smallest absolute Gasteiger partial charge is 0.00966 e. The maximum absolute atomic E-state index is 3.60. The van der Waals surface area contributed by atoms with Crippen molar-refractivity contribution in [2.75, 3.05) is 6.54 Å². The van der Waals surface area contributed by atoms with Gasteiger partial charge in [0.1, 0.15) is 0 Å². The van der Waals surface area contributed by atoms with Gasteiger partial charge >= 0.3 is 0 Å². The maximum atomic E-state index is 3.60. The van der Waals surface area contributed by atoms with E-state index in [2.05, 4.69) is 78.0 Å². The summed E-state index contributed by atoms with van der Waals surface area (Å²) >= 11 is 0. The van der Waals surface area contributed by atoms with Crippen molar-refractivity contribution in [2.24, 2.45) is 11.3 Å². The molecule has 120 valence electrons. The summed E-state index contributed by atoms with van der Waals surface area (Å²) in [6.07, 6.45) is 3.59. The van der Waals surface area contributed by atoms with E-state index in [1.807, 2.05) is 0 Å². The molecule has 0 saturated carbocycles. The van der Waals surface area contributed by atoms with Gasteiger partial charge in [-0.2, -0.15) is 0 Å². The summed E-state index contributed by atoms with van der Waals surface area (Å²) in [6, 6.07) is 9.16. The fourth-order valence-electron chi connectivity index (χ4n) is 2.39. The second kappa shape index (κ2) is 7.45. The Morgan fingerprint density at radius 1 is 1.00 bits per heavy atom. The highest BCUT2D eigenvalue weighted by Crippen LogP contribution is 2.22. The lowest BCUT2D eigenvalue weighted by Gasteiger charge is -2.23. The Hall–Kier alpha value is -0.820. The van der Waals surface area contributed by atoms with Crippen molar-refractivity contribution in [3.63, 3.8) is 0 Å². The molecule has 1 atom stereocenters. The first-order chi connectivity index (χ1) is 9.55. The Balaban J connectivity index is 2.52. The number of hydrogen-bond donors (Lipinski definition) is 1. The number of benzene rings is 1. The molecule has 1 heteroatoms. The lowest BCUT2D eigenvalue weighted by Crippen LogP contribution is -2.39. The molecular weight excluding hydrogens is 254 g/mol. The zero-order valence-electron chi connectivity index (χ0n) is 15.2. The molecule has 0 aliphatic carbocycles. The van der Waals surface area contributed by atoms with Crippen LogP contribution < -0.4 is 5.32 Å². The minimum atomic E-state index is 0.211. The number of nitrogens with one attached hydrogen (secondary N) is 1. The van der Waals surface area contributed by atoms with Crippen molar-refractivity contribution >= 4 is 0 Å². The van der Waals surface area contributed by atoms with E-state index in [1.165, 1.54) is 24.0 Å². The predicted molar refractivity (Wildman–Crippen MR) is 94.8 cm³/mol. The molecule has 0 aromatic heterocycles. The number of rotatable bonds is 6. The first kappa shape index (κ1) is 18.2. The summed E-state index contributed by atoms with van der Waals surface area (Å²) in [5.41, 5.74) is 3.59. The van der Waals surface area contributed by atoms with Crippen molar-refractivity contribution in [3.05, 3.63) is 35.4 Å². The lowest BCUT2D eigenvalue weighted by atomic mass is 9.88. The van der Waals surface area contributed by atoms with Crippen molar-refractivity contribution < 1.29 is 0 Å². The fourth-order valence-corrected chi connectivity index (χ4v) is 2.39. The van der Waals surface area contributed by atoms with Gasteiger partial charge in [0.2, 0.25) is 0 Å². The largest absolute Gasteiger partial charge is 0.312 e. The average molecular weight is 290 g/mol. The van der Waals surface area contributed by atoms with Crippen LogP contribution in [0, 0.1) is 11.3 Å². The molecule has 1 aromatic carbocycles. The van der Waals surface area contributed by atoms with Crippen molar-refractivity contribution in [3.8, 4) is 0 Å². The third-order valence-corrected chi connectivity index (χ3v) is 3.72. The predicted octanol–water partition coefficient (Wildman–Crippen LogP) is 5.23. The highest BCUT2D eigenvalue weighted by Gasteiger charge is 2.12. The fraction of sp³-hybridized carbons (Fsp3) is 0.700. The van der Waals surface area contributed by atoms with E-state index in [1.54, 1.807) is 0 Å². The van der Waals surface area contributed by atoms with Gasteiger partial charge in [-0.05, 0) is 69.0 Å². The Morgan fingerprint density at radius 3 is 2.19 bits per heavy atom. The minimum absolute atomic E-state index is 0.211. The van der Waals surface area contributed by atoms with Crippen molar-refractivity contribution in [1.82, 2.24) is 5.32 Å². The lowest BCUT2D eigenvalue weighted by molar-refractivity contribution is 0.377. The van der Waals surface area contributed by atoms with Gasteiger partial charge in [0.05, 0.1) is 0 Å². The summed E-state index contributed by atoms with van der Waals surface area (Å²) in [7, 11) is 0. The van der Waals surface area contributed by atoms with Crippen LogP contribution in [0.15, 0.2) is 24.3 Å². The summed E-state index contributed by atoms with van der Waals surface area (Å²) < 4.78 is 0. The minimum Gasteiger partial charge on any atom is -0.312 e. The highest BCUT2D eigenvalue weighted by atomic mass is 14.9. The molecule has 0 saturated heterocycles. The Bertz CT molecular complexity index is 420. The van der Waals surface area contributed by atoms with Crippen LogP contribution in [0.25, 0.3) is 0 Å². The van der Waals surface area contributed by atoms with Gasteiger partial charge in [-0.1, -0.05) is 52.0 Å².